The third-order valence-electron chi connectivity index (χ3n) is 2.68. The number of ether oxygens (including phenoxy) is 1. The topological polar surface area (TPSA) is 95.2 Å². The fourth-order valence-electron chi connectivity index (χ4n) is 1.73. The molecule has 20 heavy (non-hydrogen) atoms. The van der Waals surface area contributed by atoms with Crippen LogP contribution in [-0.4, -0.2) is 23.2 Å². The van der Waals surface area contributed by atoms with Crippen molar-refractivity contribution in [3.8, 4) is 11.8 Å². The number of nitriles is 1. The van der Waals surface area contributed by atoms with Gasteiger partial charge in [-0.25, -0.2) is 4.79 Å². The average Bonchev–Trinajstić information content (AvgIpc) is 2.47. The second kappa shape index (κ2) is 5.71. The normalized spacial score (nSPS) is 9.60. The maximum Gasteiger partial charge on any atom is 0.339 e. The summed E-state index contributed by atoms with van der Waals surface area (Å²) in [6, 6.07) is 8.55. The second-order valence-electron chi connectivity index (χ2n) is 3.85. The fourth-order valence-corrected chi connectivity index (χ4v) is 1.73. The number of pyridine rings is 1. The van der Waals surface area contributed by atoms with Gasteiger partial charge in [0.15, 0.2) is 0 Å². The first-order valence-corrected chi connectivity index (χ1v) is 5.68. The summed E-state index contributed by atoms with van der Waals surface area (Å²) in [7, 11) is 1.48. The Kier molecular flexibility index (Phi) is 3.82. The van der Waals surface area contributed by atoms with Gasteiger partial charge in [0, 0.05) is 12.4 Å². The van der Waals surface area contributed by atoms with Crippen LogP contribution in [0.25, 0.3) is 0 Å². The Balaban J connectivity index is 2.51. The molecular formula is C14H11N3O3. The Morgan fingerprint density at radius 1 is 1.45 bits per heavy atom. The van der Waals surface area contributed by atoms with E-state index >= 15 is 0 Å². The number of aromatic nitrogens is 1. The lowest BCUT2D eigenvalue weighted by Crippen LogP contribution is -2.05. The maximum atomic E-state index is 11.1. The Morgan fingerprint density at radius 3 is 2.90 bits per heavy atom. The minimum atomic E-state index is -1.10. The highest BCUT2D eigenvalue weighted by Gasteiger charge is 2.14. The zero-order valence-corrected chi connectivity index (χ0v) is 10.6. The summed E-state index contributed by atoms with van der Waals surface area (Å²) >= 11 is 0. The number of para-hydroxylation sites is 1. The lowest BCUT2D eigenvalue weighted by Gasteiger charge is -2.13. The molecule has 0 bridgehead atoms. The van der Waals surface area contributed by atoms with Crippen LogP contribution < -0.4 is 10.1 Å². The van der Waals surface area contributed by atoms with E-state index in [-0.39, 0.29) is 5.56 Å². The third-order valence-corrected chi connectivity index (χ3v) is 2.68. The molecule has 2 rings (SSSR count). The number of hydrogen-bond donors (Lipinski definition) is 2. The molecule has 0 aliphatic heterocycles. The number of carboxylic acid groups (broad SMARTS) is 1. The minimum Gasteiger partial charge on any atom is -0.495 e. The second-order valence-corrected chi connectivity index (χ2v) is 3.85. The van der Waals surface area contributed by atoms with Gasteiger partial charge >= 0.3 is 5.97 Å². The molecule has 6 nitrogen and oxygen atoms in total. The minimum absolute atomic E-state index is 0.0160. The number of nitrogens with one attached hydrogen (secondary N) is 1. The number of aromatic carboxylic acids is 1. The van der Waals surface area contributed by atoms with E-state index in [4.69, 9.17) is 15.1 Å². The highest BCUT2D eigenvalue weighted by atomic mass is 16.5. The van der Waals surface area contributed by atoms with Crippen LogP contribution in [0, 0.1) is 11.3 Å². The van der Waals surface area contributed by atoms with E-state index in [1.54, 1.807) is 18.2 Å². The van der Waals surface area contributed by atoms with E-state index < -0.39 is 5.97 Å². The van der Waals surface area contributed by atoms with E-state index in [1.165, 1.54) is 25.6 Å². The molecular weight excluding hydrogens is 258 g/mol. The van der Waals surface area contributed by atoms with Crippen LogP contribution in [0.4, 0.5) is 11.4 Å². The number of anilines is 2. The van der Waals surface area contributed by atoms with Gasteiger partial charge in [-0.2, -0.15) is 5.26 Å². The predicted octanol–water partition coefficient (Wildman–Crippen LogP) is 2.40. The average molecular weight is 269 g/mol. The van der Waals surface area contributed by atoms with E-state index in [1.807, 2.05) is 6.07 Å². The quantitative estimate of drug-likeness (QED) is 0.884. The molecule has 0 atom stereocenters. The number of hydrogen-bond acceptors (Lipinski definition) is 5. The van der Waals surface area contributed by atoms with Crippen LogP contribution in [0.3, 0.4) is 0 Å². The van der Waals surface area contributed by atoms with Gasteiger partial charge < -0.3 is 15.2 Å². The molecule has 0 aliphatic rings. The first kappa shape index (κ1) is 13.4. The molecule has 100 valence electrons. The molecule has 0 saturated heterocycles. The zero-order chi connectivity index (χ0) is 14.5. The molecule has 0 radical (unpaired) electrons. The lowest BCUT2D eigenvalue weighted by molar-refractivity contribution is 0.0697. The van der Waals surface area contributed by atoms with Crippen molar-refractivity contribution in [3.63, 3.8) is 0 Å². The van der Waals surface area contributed by atoms with Crippen molar-refractivity contribution < 1.29 is 14.6 Å². The molecule has 0 aliphatic carbocycles. The number of benzene rings is 1. The SMILES string of the molecule is COc1cccc(C#N)c1Nc1ccncc1C(=O)O. The summed E-state index contributed by atoms with van der Waals surface area (Å²) in [6.07, 6.45) is 2.71. The van der Waals surface area contributed by atoms with Crippen molar-refractivity contribution in [1.29, 1.82) is 5.26 Å². The van der Waals surface area contributed by atoms with Crippen molar-refractivity contribution in [2.75, 3.05) is 12.4 Å². The van der Waals surface area contributed by atoms with Crippen molar-refractivity contribution in [2.45, 2.75) is 0 Å². The van der Waals surface area contributed by atoms with Gasteiger partial charge in [0.2, 0.25) is 0 Å². The third kappa shape index (κ3) is 2.52. The Morgan fingerprint density at radius 2 is 2.25 bits per heavy atom. The summed E-state index contributed by atoms with van der Waals surface area (Å²) in [5.41, 5.74) is 1.14. The monoisotopic (exact) mass is 269 g/mol. The van der Waals surface area contributed by atoms with Crippen LogP contribution in [0.2, 0.25) is 0 Å². The molecule has 2 aromatic rings. The van der Waals surface area contributed by atoms with Crippen molar-refractivity contribution in [1.82, 2.24) is 4.98 Å². The highest BCUT2D eigenvalue weighted by Crippen LogP contribution is 2.31. The van der Waals surface area contributed by atoms with Gasteiger partial charge in [-0.15, -0.1) is 0 Å². The van der Waals surface area contributed by atoms with E-state index in [0.29, 0.717) is 22.7 Å². The van der Waals surface area contributed by atoms with Gasteiger partial charge in [-0.1, -0.05) is 6.07 Å². The van der Waals surface area contributed by atoms with E-state index in [0.717, 1.165) is 0 Å². The Hall–Kier alpha value is -3.07. The summed E-state index contributed by atoms with van der Waals surface area (Å²) in [6.45, 7) is 0. The first-order valence-electron chi connectivity index (χ1n) is 5.68. The molecule has 6 heteroatoms. The van der Waals surface area contributed by atoms with E-state index in [9.17, 15) is 4.79 Å². The van der Waals surface area contributed by atoms with Crippen molar-refractivity contribution in [2.24, 2.45) is 0 Å². The van der Waals surface area contributed by atoms with Gasteiger partial charge in [0.25, 0.3) is 0 Å². The fraction of sp³-hybridized carbons (Fsp3) is 0.0714. The summed E-state index contributed by atoms with van der Waals surface area (Å²) in [5.74, 6) is -0.647. The van der Waals surface area contributed by atoms with Gasteiger partial charge in [-0.05, 0) is 18.2 Å². The van der Waals surface area contributed by atoms with Crippen LogP contribution in [0.15, 0.2) is 36.7 Å². The summed E-state index contributed by atoms with van der Waals surface area (Å²) in [4.78, 5) is 14.9. The predicted molar refractivity (Wildman–Crippen MR) is 72.2 cm³/mol. The van der Waals surface area contributed by atoms with Gasteiger partial charge in [0.05, 0.1) is 24.0 Å². The Labute approximate surface area is 115 Å². The smallest absolute Gasteiger partial charge is 0.339 e. The van der Waals surface area contributed by atoms with E-state index in [2.05, 4.69) is 10.3 Å². The van der Waals surface area contributed by atoms with Crippen molar-refractivity contribution in [3.05, 3.63) is 47.8 Å². The van der Waals surface area contributed by atoms with Crippen LogP contribution in [0.5, 0.6) is 5.75 Å². The number of carboxylic acids is 1. The van der Waals surface area contributed by atoms with Crippen LogP contribution in [-0.2, 0) is 0 Å². The van der Waals surface area contributed by atoms with Gasteiger partial charge in [0.1, 0.15) is 17.4 Å². The molecule has 2 N–H and O–H groups in total. The van der Waals surface area contributed by atoms with Crippen LogP contribution in [0.1, 0.15) is 15.9 Å². The number of carbonyl (C=O) groups is 1. The first-order chi connectivity index (χ1) is 9.67. The number of nitrogens with zero attached hydrogens (tertiary/aromatic N) is 2. The molecule has 1 aromatic carbocycles. The number of methoxy groups -OCH3 is 1. The van der Waals surface area contributed by atoms with Gasteiger partial charge in [-0.3, -0.25) is 4.98 Å². The Bertz CT molecular complexity index is 692. The molecule has 1 aromatic heterocycles. The van der Waals surface area contributed by atoms with Crippen molar-refractivity contribution >= 4 is 17.3 Å². The lowest BCUT2D eigenvalue weighted by atomic mass is 10.1. The molecule has 1 heterocycles. The number of rotatable bonds is 4. The van der Waals surface area contributed by atoms with Crippen LogP contribution >= 0.6 is 0 Å². The molecule has 0 unspecified atom stereocenters. The molecule has 0 amide bonds. The zero-order valence-electron chi connectivity index (χ0n) is 10.6. The standard InChI is InChI=1S/C14H11N3O3/c1-20-12-4-2-3-9(7-15)13(12)17-11-5-6-16-8-10(11)14(18)19/h2-6,8H,1H3,(H,16,17)(H,18,19). The molecule has 0 fully saturated rings. The molecule has 0 spiro atoms. The highest BCUT2D eigenvalue weighted by molar-refractivity contribution is 5.95. The largest absolute Gasteiger partial charge is 0.495 e. The molecule has 0 saturated carbocycles. The summed E-state index contributed by atoms with van der Waals surface area (Å²) < 4.78 is 5.18. The summed E-state index contributed by atoms with van der Waals surface area (Å²) in [5, 5.41) is 21.2. The maximum absolute atomic E-state index is 11.1.